The molecule has 1 amide bonds. The van der Waals surface area contributed by atoms with Gasteiger partial charge in [-0.25, -0.2) is 0 Å². The molecule has 2 aromatic rings. The number of hydrogen-bond donors (Lipinski definition) is 1. The van der Waals surface area contributed by atoms with Gasteiger partial charge in [-0.2, -0.15) is 0 Å². The molecule has 20 heavy (non-hydrogen) atoms. The van der Waals surface area contributed by atoms with Gasteiger partial charge in [0.2, 0.25) is 5.91 Å². The number of carbonyl (C=O) groups is 1. The van der Waals surface area contributed by atoms with Crippen LogP contribution < -0.4 is 5.32 Å². The lowest BCUT2D eigenvalue weighted by molar-refractivity contribution is -0.124. The fourth-order valence-corrected chi connectivity index (χ4v) is 3.05. The maximum Gasteiger partial charge on any atom is 0.228 e. The molecule has 0 aromatic heterocycles. The monoisotopic (exact) mass is 285 g/mol. The molecule has 2 nitrogen and oxygen atoms in total. The highest BCUT2D eigenvalue weighted by molar-refractivity contribution is 6.30. The Hall–Kier alpha value is -1.80. The zero-order chi connectivity index (χ0) is 13.9. The minimum Gasteiger partial charge on any atom is -0.356 e. The summed E-state index contributed by atoms with van der Waals surface area (Å²) in [6.45, 7) is 0.739. The normalized spacial score (nSPS) is 22.4. The van der Waals surface area contributed by atoms with Gasteiger partial charge in [-0.3, -0.25) is 4.79 Å². The van der Waals surface area contributed by atoms with Crippen molar-refractivity contribution in [2.45, 2.75) is 18.3 Å². The molecular weight excluding hydrogens is 270 g/mol. The molecule has 0 bridgehead atoms. The Labute approximate surface area is 123 Å². The summed E-state index contributed by atoms with van der Waals surface area (Å²) < 4.78 is 0. The summed E-state index contributed by atoms with van der Waals surface area (Å²) in [5, 5.41) is 3.67. The molecule has 2 aromatic carbocycles. The smallest absolute Gasteiger partial charge is 0.228 e. The van der Waals surface area contributed by atoms with Crippen LogP contribution in [0, 0.1) is 0 Å². The molecular formula is C17H16ClNO. The summed E-state index contributed by atoms with van der Waals surface area (Å²) in [4.78, 5) is 12.3. The van der Waals surface area contributed by atoms with E-state index in [0.717, 1.165) is 18.5 Å². The van der Waals surface area contributed by atoms with Crippen molar-refractivity contribution in [2.75, 3.05) is 6.54 Å². The Bertz CT molecular complexity index is 594. The van der Waals surface area contributed by atoms with Crippen LogP contribution in [0.4, 0.5) is 0 Å². The van der Waals surface area contributed by atoms with Gasteiger partial charge < -0.3 is 5.32 Å². The predicted molar refractivity (Wildman–Crippen MR) is 81.0 cm³/mol. The first-order chi connectivity index (χ1) is 9.75. The van der Waals surface area contributed by atoms with E-state index in [1.165, 1.54) is 5.56 Å². The van der Waals surface area contributed by atoms with E-state index >= 15 is 0 Å². The number of benzene rings is 2. The molecule has 0 saturated carbocycles. The average Bonchev–Trinajstić information content (AvgIpc) is 2.49. The van der Waals surface area contributed by atoms with Crippen molar-refractivity contribution in [3.63, 3.8) is 0 Å². The molecule has 1 aliphatic rings. The second-order valence-corrected chi connectivity index (χ2v) is 5.56. The summed E-state index contributed by atoms with van der Waals surface area (Å²) in [7, 11) is 0. The molecule has 1 heterocycles. The quantitative estimate of drug-likeness (QED) is 0.895. The molecule has 0 radical (unpaired) electrons. The van der Waals surface area contributed by atoms with Gasteiger partial charge in [-0.05, 0) is 29.7 Å². The third-order valence-corrected chi connectivity index (χ3v) is 4.15. The van der Waals surface area contributed by atoms with Crippen LogP contribution >= 0.6 is 11.6 Å². The Balaban J connectivity index is 1.99. The van der Waals surface area contributed by atoms with Crippen LogP contribution in [0.5, 0.6) is 0 Å². The van der Waals surface area contributed by atoms with Crippen LogP contribution in [-0.4, -0.2) is 12.5 Å². The van der Waals surface area contributed by atoms with E-state index in [0.29, 0.717) is 5.02 Å². The maximum atomic E-state index is 12.3. The first-order valence-electron chi connectivity index (χ1n) is 6.84. The Kier molecular flexibility index (Phi) is 3.75. The number of halogens is 1. The standard InChI is InChI=1S/C17H16ClNO/c18-14-8-6-13(7-9-14)16-15(10-11-19-17(16)20)12-4-2-1-3-5-12/h1-9,15-16H,10-11H2,(H,19,20). The van der Waals surface area contributed by atoms with Gasteiger partial charge in [0.1, 0.15) is 0 Å². The highest BCUT2D eigenvalue weighted by Crippen LogP contribution is 2.38. The number of hydrogen-bond acceptors (Lipinski definition) is 1. The van der Waals surface area contributed by atoms with Gasteiger partial charge in [0.05, 0.1) is 5.92 Å². The fraction of sp³-hybridized carbons (Fsp3) is 0.235. The molecule has 1 fully saturated rings. The minimum atomic E-state index is -0.136. The van der Waals surface area contributed by atoms with E-state index in [1.54, 1.807) is 0 Å². The van der Waals surface area contributed by atoms with Crippen molar-refractivity contribution in [3.05, 3.63) is 70.7 Å². The molecule has 2 unspecified atom stereocenters. The lowest BCUT2D eigenvalue weighted by Gasteiger charge is -2.31. The van der Waals surface area contributed by atoms with Crippen molar-refractivity contribution >= 4 is 17.5 Å². The predicted octanol–water partition coefficient (Wildman–Crippen LogP) is 3.73. The number of nitrogens with one attached hydrogen (secondary N) is 1. The highest BCUT2D eigenvalue weighted by atomic mass is 35.5. The summed E-state index contributed by atoms with van der Waals surface area (Å²) in [5.41, 5.74) is 2.25. The summed E-state index contributed by atoms with van der Waals surface area (Å²) >= 11 is 5.94. The third-order valence-electron chi connectivity index (χ3n) is 3.90. The third kappa shape index (κ3) is 2.56. The summed E-state index contributed by atoms with van der Waals surface area (Å²) in [6, 6.07) is 17.9. The SMILES string of the molecule is O=C1NCCC(c2ccccc2)C1c1ccc(Cl)cc1. The van der Waals surface area contributed by atoms with E-state index in [4.69, 9.17) is 11.6 Å². The van der Waals surface area contributed by atoms with Gasteiger partial charge in [-0.15, -0.1) is 0 Å². The topological polar surface area (TPSA) is 29.1 Å². The number of piperidine rings is 1. The number of rotatable bonds is 2. The molecule has 2 atom stereocenters. The molecule has 1 N–H and O–H groups in total. The first kappa shape index (κ1) is 13.2. The van der Waals surface area contributed by atoms with Crippen LogP contribution in [0.1, 0.15) is 29.4 Å². The van der Waals surface area contributed by atoms with E-state index in [-0.39, 0.29) is 17.7 Å². The van der Waals surface area contributed by atoms with Gasteiger partial charge in [0.15, 0.2) is 0 Å². The fourth-order valence-electron chi connectivity index (χ4n) is 2.92. The Morgan fingerprint density at radius 2 is 1.65 bits per heavy atom. The van der Waals surface area contributed by atoms with Crippen LogP contribution in [0.15, 0.2) is 54.6 Å². The summed E-state index contributed by atoms with van der Waals surface area (Å²) in [6.07, 6.45) is 0.961. The lowest BCUT2D eigenvalue weighted by Crippen LogP contribution is -2.39. The van der Waals surface area contributed by atoms with E-state index in [1.807, 2.05) is 42.5 Å². The molecule has 102 valence electrons. The molecule has 0 spiro atoms. The van der Waals surface area contributed by atoms with E-state index in [9.17, 15) is 4.79 Å². The molecule has 0 aliphatic carbocycles. The zero-order valence-corrected chi connectivity index (χ0v) is 11.8. The zero-order valence-electron chi connectivity index (χ0n) is 11.1. The average molecular weight is 286 g/mol. The maximum absolute atomic E-state index is 12.3. The Morgan fingerprint density at radius 3 is 2.35 bits per heavy atom. The second-order valence-electron chi connectivity index (χ2n) is 5.13. The van der Waals surface area contributed by atoms with Crippen molar-refractivity contribution < 1.29 is 4.79 Å². The molecule has 1 saturated heterocycles. The highest BCUT2D eigenvalue weighted by Gasteiger charge is 2.33. The van der Waals surface area contributed by atoms with Gasteiger partial charge in [-0.1, -0.05) is 54.1 Å². The van der Waals surface area contributed by atoms with Gasteiger partial charge in [0.25, 0.3) is 0 Å². The lowest BCUT2D eigenvalue weighted by atomic mass is 9.77. The van der Waals surface area contributed by atoms with Gasteiger partial charge >= 0.3 is 0 Å². The van der Waals surface area contributed by atoms with Crippen molar-refractivity contribution in [1.29, 1.82) is 0 Å². The first-order valence-corrected chi connectivity index (χ1v) is 7.21. The number of amides is 1. The Morgan fingerprint density at radius 1 is 0.950 bits per heavy atom. The van der Waals surface area contributed by atoms with E-state index < -0.39 is 0 Å². The second kappa shape index (κ2) is 5.68. The minimum absolute atomic E-state index is 0.104. The largest absolute Gasteiger partial charge is 0.356 e. The van der Waals surface area contributed by atoms with Crippen molar-refractivity contribution in [1.82, 2.24) is 5.32 Å². The molecule has 3 heteroatoms. The van der Waals surface area contributed by atoms with Crippen molar-refractivity contribution in [2.24, 2.45) is 0 Å². The number of carbonyl (C=O) groups excluding carboxylic acids is 1. The van der Waals surface area contributed by atoms with Crippen molar-refractivity contribution in [3.8, 4) is 0 Å². The van der Waals surface area contributed by atoms with Crippen LogP contribution in [0.3, 0.4) is 0 Å². The molecule has 3 rings (SSSR count). The van der Waals surface area contributed by atoms with Crippen LogP contribution in [0.25, 0.3) is 0 Å². The van der Waals surface area contributed by atoms with Crippen LogP contribution in [-0.2, 0) is 4.79 Å². The summed E-state index contributed by atoms with van der Waals surface area (Å²) in [5.74, 6) is 0.196. The van der Waals surface area contributed by atoms with E-state index in [2.05, 4.69) is 17.4 Å². The van der Waals surface area contributed by atoms with Crippen LogP contribution in [0.2, 0.25) is 5.02 Å². The van der Waals surface area contributed by atoms with Gasteiger partial charge in [0, 0.05) is 17.5 Å². The molecule has 1 aliphatic heterocycles.